The van der Waals surface area contributed by atoms with Gasteiger partial charge in [-0.2, -0.15) is 0 Å². The molecule has 2 aromatic rings. The molecular weight excluding hydrogens is 643 g/mol. The molecule has 2 heterocycles. The molecule has 1 saturated carbocycles. The van der Waals surface area contributed by atoms with Crippen molar-refractivity contribution in [1.29, 1.82) is 0 Å². The van der Waals surface area contributed by atoms with Gasteiger partial charge in [-0.3, -0.25) is 24.1 Å². The molecule has 0 bridgehead atoms. The van der Waals surface area contributed by atoms with Crippen LogP contribution in [0.5, 0.6) is 11.5 Å². The largest absolute Gasteiger partial charge is 0.508 e. The van der Waals surface area contributed by atoms with Gasteiger partial charge in [0, 0.05) is 29.1 Å². The predicted octanol–water partition coefficient (Wildman–Crippen LogP) is 3.75. The maximum atomic E-state index is 14.0. The van der Waals surface area contributed by atoms with E-state index >= 15 is 0 Å². The number of hydrogen-bond donors (Lipinski definition) is 3. The summed E-state index contributed by atoms with van der Waals surface area (Å²) in [6, 6.07) is 7.97. The van der Waals surface area contributed by atoms with E-state index in [1.807, 2.05) is 0 Å². The highest BCUT2D eigenvalue weighted by atomic mass is 79.9. The Morgan fingerprint density at radius 2 is 1.68 bits per heavy atom. The number of aromatic hydroxyl groups is 2. The molecule has 13 heteroatoms. The van der Waals surface area contributed by atoms with Crippen molar-refractivity contribution >= 4 is 74.4 Å². The van der Waals surface area contributed by atoms with Crippen LogP contribution in [0.4, 0.5) is 5.69 Å². The molecule has 6 rings (SSSR count). The van der Waals surface area contributed by atoms with Gasteiger partial charge < -0.3 is 15.3 Å². The number of phenolic OH excluding ortho intramolecular Hbond substituents is 1. The minimum Gasteiger partial charge on any atom is -0.508 e. The van der Waals surface area contributed by atoms with E-state index in [0.717, 1.165) is 21.9 Å². The molecule has 3 N–H and O–H groups in total. The second-order valence-corrected chi connectivity index (χ2v) is 12.9. The molecule has 4 amide bonds. The molecule has 2 aromatic carbocycles. The van der Waals surface area contributed by atoms with Crippen molar-refractivity contribution in [2.24, 2.45) is 17.8 Å². The summed E-state index contributed by atoms with van der Waals surface area (Å²) in [5.74, 6) is -8.62. The van der Waals surface area contributed by atoms with E-state index < -0.39 is 74.3 Å². The lowest BCUT2D eigenvalue weighted by Gasteiger charge is -2.50. The Balaban J connectivity index is 1.50. The number of imide groups is 2. The molecule has 41 heavy (non-hydrogen) atoms. The van der Waals surface area contributed by atoms with Gasteiger partial charge in [-0.05, 0) is 49.1 Å². The molecule has 0 radical (unpaired) electrons. The van der Waals surface area contributed by atoms with Crippen LogP contribution in [0.25, 0.3) is 0 Å². The minimum absolute atomic E-state index is 0.00502. The van der Waals surface area contributed by atoms with Crippen LogP contribution >= 0.6 is 39.1 Å². The smallest absolute Gasteiger partial charge is 0.339 e. The lowest BCUT2D eigenvalue weighted by Crippen LogP contribution is -2.60. The molecule has 2 aliphatic carbocycles. The molecule has 0 unspecified atom stereocenters. The zero-order valence-corrected chi connectivity index (χ0v) is 24.3. The van der Waals surface area contributed by atoms with Crippen LogP contribution in [-0.2, 0) is 19.2 Å². The highest BCUT2D eigenvalue weighted by Gasteiger charge is 2.76. The number of aromatic carboxylic acids is 1. The average molecular weight is 664 g/mol. The zero-order valence-electron chi connectivity index (χ0n) is 21.2. The van der Waals surface area contributed by atoms with Gasteiger partial charge in [0.2, 0.25) is 11.8 Å². The summed E-state index contributed by atoms with van der Waals surface area (Å²) in [6.45, 7) is 0. The average Bonchev–Trinajstić information content (AvgIpc) is 3.25. The molecular formula is C28H21BrCl2N2O8. The molecule has 212 valence electrons. The van der Waals surface area contributed by atoms with Crippen LogP contribution in [0.2, 0.25) is 0 Å². The number of carboxylic acid groups (broad SMARTS) is 1. The second kappa shape index (κ2) is 9.04. The Kier molecular flexibility index (Phi) is 6.12. The number of fused-ring (bicyclic) bond motifs is 4. The van der Waals surface area contributed by atoms with E-state index in [4.69, 9.17) is 23.2 Å². The van der Waals surface area contributed by atoms with E-state index in [0.29, 0.717) is 10.0 Å². The Hall–Kier alpha value is -3.41. The molecule has 0 aromatic heterocycles. The number of phenols is 2. The molecule has 2 aliphatic heterocycles. The Morgan fingerprint density at radius 3 is 2.34 bits per heavy atom. The maximum Gasteiger partial charge on any atom is 0.339 e. The fourth-order valence-electron chi connectivity index (χ4n) is 6.94. The van der Waals surface area contributed by atoms with Crippen LogP contribution in [0.3, 0.4) is 0 Å². The molecule has 0 spiro atoms. The van der Waals surface area contributed by atoms with Crippen molar-refractivity contribution < 1.29 is 39.3 Å². The zero-order chi connectivity index (χ0) is 29.8. The Labute approximate surface area is 251 Å². The molecule has 4 aliphatic rings. The van der Waals surface area contributed by atoms with E-state index in [1.165, 1.54) is 19.2 Å². The lowest BCUT2D eigenvalue weighted by molar-refractivity contribution is -0.138. The molecule has 6 atom stereocenters. The Morgan fingerprint density at radius 1 is 0.976 bits per heavy atom. The Bertz CT molecular complexity index is 1640. The van der Waals surface area contributed by atoms with Crippen molar-refractivity contribution in [1.82, 2.24) is 4.90 Å². The number of nitrogens with zero attached hydrogens (tertiary/aromatic N) is 2. The summed E-state index contributed by atoms with van der Waals surface area (Å²) in [7, 11) is 1.27. The standard InChI is InChI=1S/C28H21BrCl2N2O8/c1-32-25(40)27(30)10-17-13(21(28(27,31)26(32)41)16-8-11(29)2-7-18(16)34)5-6-15-20(17)23(37)33(22(15)36)12-3-4-14(24(38)39)19(35)9-12/h2-5,7-9,15,17,20-21,34-35H,6,10H2,1H3,(H,38,39)/t15-,17+,20-,21+,27+,28-/m0/s1. The van der Waals surface area contributed by atoms with Gasteiger partial charge >= 0.3 is 5.97 Å². The lowest BCUT2D eigenvalue weighted by atomic mass is 9.56. The normalized spacial score (nSPS) is 32.5. The summed E-state index contributed by atoms with van der Waals surface area (Å²) in [6.07, 6.45) is 1.61. The van der Waals surface area contributed by atoms with Crippen molar-refractivity contribution in [3.63, 3.8) is 0 Å². The number of amides is 4. The summed E-state index contributed by atoms with van der Waals surface area (Å²) in [5.41, 5.74) is 0.339. The molecule has 3 fully saturated rings. The molecule has 10 nitrogen and oxygen atoms in total. The number of anilines is 1. The number of rotatable bonds is 3. The number of benzene rings is 2. The van der Waals surface area contributed by atoms with Gasteiger partial charge in [-0.15, -0.1) is 23.2 Å². The van der Waals surface area contributed by atoms with E-state index in [2.05, 4.69) is 15.9 Å². The van der Waals surface area contributed by atoms with Crippen molar-refractivity contribution in [2.45, 2.75) is 28.5 Å². The summed E-state index contributed by atoms with van der Waals surface area (Å²) in [5, 5.41) is 30.4. The van der Waals surface area contributed by atoms with Crippen LogP contribution in [0.1, 0.15) is 34.7 Å². The van der Waals surface area contributed by atoms with Gasteiger partial charge in [0.05, 0.1) is 17.5 Å². The third-order valence-electron chi connectivity index (χ3n) is 8.78. The van der Waals surface area contributed by atoms with Crippen LogP contribution in [0.15, 0.2) is 52.5 Å². The third kappa shape index (κ3) is 3.52. The number of hydrogen-bond acceptors (Lipinski definition) is 7. The summed E-state index contributed by atoms with van der Waals surface area (Å²) < 4.78 is 0.565. The topological polar surface area (TPSA) is 153 Å². The van der Waals surface area contributed by atoms with Crippen molar-refractivity contribution in [2.75, 3.05) is 11.9 Å². The van der Waals surface area contributed by atoms with Gasteiger partial charge in [0.1, 0.15) is 17.1 Å². The van der Waals surface area contributed by atoms with Crippen molar-refractivity contribution in [3.05, 3.63) is 63.6 Å². The highest BCUT2D eigenvalue weighted by Crippen LogP contribution is 2.66. The van der Waals surface area contributed by atoms with Crippen LogP contribution < -0.4 is 4.90 Å². The maximum absolute atomic E-state index is 14.0. The first-order valence-electron chi connectivity index (χ1n) is 12.6. The van der Waals surface area contributed by atoms with Gasteiger partial charge in [-0.1, -0.05) is 27.6 Å². The van der Waals surface area contributed by atoms with Gasteiger partial charge in [0.15, 0.2) is 9.75 Å². The highest BCUT2D eigenvalue weighted by molar-refractivity contribution is 9.10. The number of halogens is 3. The number of likely N-dealkylation sites (tertiary alicyclic amines) is 1. The third-order valence-corrected chi connectivity index (χ3v) is 10.7. The quantitative estimate of drug-likeness (QED) is 0.255. The first-order valence-corrected chi connectivity index (χ1v) is 14.1. The number of carbonyl (C=O) groups is 5. The first kappa shape index (κ1) is 27.7. The van der Waals surface area contributed by atoms with E-state index in [1.54, 1.807) is 18.2 Å². The first-order chi connectivity index (χ1) is 19.2. The fourth-order valence-corrected chi connectivity index (χ4v) is 8.33. The number of alkyl halides is 2. The summed E-state index contributed by atoms with van der Waals surface area (Å²) >= 11 is 17.6. The monoisotopic (exact) mass is 662 g/mol. The number of carbonyl (C=O) groups excluding carboxylic acids is 4. The SMILES string of the molecule is CN1C(=O)[C@]2(Cl)C[C@@H]3C(=CC[C@@H]4C(=O)N(c5ccc(C(=O)O)c(O)c5)C(=O)[C@@H]43)[C@H](c3cc(Br)ccc3O)[C@]2(Cl)C1=O. The molecule has 2 saturated heterocycles. The van der Waals surface area contributed by atoms with Crippen LogP contribution in [-0.4, -0.2) is 66.6 Å². The van der Waals surface area contributed by atoms with Gasteiger partial charge in [-0.25, -0.2) is 9.69 Å². The predicted molar refractivity (Wildman–Crippen MR) is 149 cm³/mol. The minimum atomic E-state index is -2.03. The number of carboxylic acids is 1. The van der Waals surface area contributed by atoms with Crippen LogP contribution in [0, 0.1) is 17.8 Å². The van der Waals surface area contributed by atoms with Crippen molar-refractivity contribution in [3.8, 4) is 11.5 Å². The van der Waals surface area contributed by atoms with E-state index in [-0.39, 0.29) is 29.8 Å². The number of allylic oxidation sites excluding steroid dienone is 2. The fraction of sp³-hybridized carbons (Fsp3) is 0.321. The van der Waals surface area contributed by atoms with E-state index in [9.17, 15) is 39.3 Å². The summed E-state index contributed by atoms with van der Waals surface area (Å²) in [4.78, 5) is 63.7. The van der Waals surface area contributed by atoms with Gasteiger partial charge in [0.25, 0.3) is 11.8 Å². The second-order valence-electron chi connectivity index (χ2n) is 10.7.